The fraction of sp³-hybridized carbons (Fsp3) is 0.610. The van der Waals surface area contributed by atoms with E-state index in [1.807, 2.05) is 0 Å². The van der Waals surface area contributed by atoms with E-state index in [1.165, 1.54) is 24.1 Å². The van der Waals surface area contributed by atoms with Crippen LogP contribution in [0.5, 0.6) is 5.75 Å². The molecule has 1 aromatic heterocycles. The van der Waals surface area contributed by atoms with Gasteiger partial charge in [0.05, 0.1) is 63.2 Å². The maximum atomic E-state index is 13.0. The topological polar surface area (TPSA) is 319 Å². The van der Waals surface area contributed by atoms with Crippen LogP contribution in [0.25, 0.3) is 10.9 Å². The molecule has 3 rings (SSSR count). The Labute approximate surface area is 372 Å². The number of hydrogen-bond acceptors (Lipinski definition) is 15. The van der Waals surface area contributed by atoms with Gasteiger partial charge in [-0.1, -0.05) is 0 Å². The SMILES string of the molecule is CC(=O)NCCCCC(NC(=O)C(CCCCN)NC(=O)CCOCCOCCOCCNC(=O)COc1ccc2c(C(=O)NCC(=O)N3CCCC3B(O)O)ccnc2c1)C(=O)O. The monoisotopic (exact) mass is 902 g/mol. The van der Waals surface area contributed by atoms with Gasteiger partial charge in [-0.25, -0.2) is 4.79 Å². The molecule has 2 heterocycles. The van der Waals surface area contributed by atoms with E-state index in [0.29, 0.717) is 74.8 Å². The summed E-state index contributed by atoms with van der Waals surface area (Å²) in [7, 11) is -1.65. The number of carboxylic acid groups (broad SMARTS) is 1. The highest BCUT2D eigenvalue weighted by molar-refractivity contribution is 6.43. The molecule has 22 nitrogen and oxygen atoms in total. The van der Waals surface area contributed by atoms with Crippen molar-refractivity contribution in [1.29, 1.82) is 0 Å². The molecule has 0 saturated carbocycles. The molecule has 3 unspecified atom stereocenters. The number of likely N-dealkylation sites (tertiary alicyclic amines) is 1. The Kier molecular flexibility index (Phi) is 24.6. The number of nitrogens with one attached hydrogen (secondary N) is 5. The van der Waals surface area contributed by atoms with Gasteiger partial charge < -0.3 is 71.3 Å². The van der Waals surface area contributed by atoms with Crippen LogP contribution in [0.4, 0.5) is 0 Å². The first kappa shape index (κ1) is 52.9. The van der Waals surface area contributed by atoms with Crippen molar-refractivity contribution in [3.63, 3.8) is 0 Å². The minimum absolute atomic E-state index is 0.0284. The Balaban J connectivity index is 1.24. The van der Waals surface area contributed by atoms with E-state index in [9.17, 15) is 48.7 Å². The molecule has 0 aliphatic carbocycles. The Morgan fingerprint density at radius 1 is 0.844 bits per heavy atom. The van der Waals surface area contributed by atoms with E-state index in [1.54, 1.807) is 18.2 Å². The molecule has 1 aliphatic rings. The number of pyridine rings is 1. The van der Waals surface area contributed by atoms with Gasteiger partial charge in [-0.15, -0.1) is 0 Å². The number of amides is 6. The maximum absolute atomic E-state index is 13.0. The number of ether oxygens (including phenoxy) is 4. The lowest BCUT2D eigenvalue weighted by atomic mass is 9.78. The fourth-order valence-electron chi connectivity index (χ4n) is 6.65. The van der Waals surface area contributed by atoms with E-state index in [4.69, 9.17) is 24.7 Å². The Morgan fingerprint density at radius 2 is 1.55 bits per heavy atom. The minimum atomic E-state index is -1.65. The van der Waals surface area contributed by atoms with Crippen LogP contribution >= 0.6 is 0 Å². The van der Waals surface area contributed by atoms with E-state index in [-0.39, 0.29) is 96.0 Å². The molecule has 354 valence electrons. The molecule has 0 bridgehead atoms. The summed E-state index contributed by atoms with van der Waals surface area (Å²) in [6, 6.07) is 4.25. The first-order valence-electron chi connectivity index (χ1n) is 21.5. The molecule has 2 aromatic rings. The molecule has 1 aliphatic heterocycles. The number of benzene rings is 1. The zero-order chi connectivity index (χ0) is 46.7. The number of carboxylic acids is 1. The normalized spacial score (nSPS) is 14.3. The second-order valence-corrected chi connectivity index (χ2v) is 14.9. The molecular formula is C41H63BN8O14. The Bertz CT molecular complexity index is 1830. The zero-order valence-electron chi connectivity index (χ0n) is 36.3. The van der Waals surface area contributed by atoms with Crippen molar-refractivity contribution >= 4 is 59.4 Å². The molecule has 1 fully saturated rings. The second-order valence-electron chi connectivity index (χ2n) is 14.9. The van der Waals surface area contributed by atoms with Crippen LogP contribution in [-0.2, 0) is 43.0 Å². The molecule has 23 heteroatoms. The van der Waals surface area contributed by atoms with Crippen LogP contribution < -0.4 is 37.1 Å². The highest BCUT2D eigenvalue weighted by Gasteiger charge is 2.36. The van der Waals surface area contributed by atoms with Gasteiger partial charge in [-0.2, -0.15) is 0 Å². The standard InChI is InChI=1S/C41H63BN8O14/c1-28(51)44-15-5-3-8-33(41(57)58)49-40(56)32(7-2-4-14-43)48-36(52)13-19-61-21-23-63-24-22-62-20-17-46-37(53)27-64-29-10-11-30-31(12-16-45-34(30)25-29)39(55)47-26-38(54)50-18-6-9-35(50)42(59)60/h10-12,16,25,32-33,35,59-60H,2-9,13-15,17-24,26-27,43H2,1H3,(H,44,51)(H,46,53)(H,47,55)(H,48,52)(H,49,56)(H,57,58). The lowest BCUT2D eigenvalue weighted by Gasteiger charge is -2.24. The number of fused-ring (bicyclic) bond motifs is 1. The maximum Gasteiger partial charge on any atom is 0.475 e. The molecule has 6 amide bonds. The smallest absolute Gasteiger partial charge is 0.475 e. The minimum Gasteiger partial charge on any atom is -0.484 e. The van der Waals surface area contributed by atoms with Crippen molar-refractivity contribution in [1.82, 2.24) is 36.5 Å². The summed E-state index contributed by atoms with van der Waals surface area (Å²) in [5, 5.41) is 42.3. The number of hydrogen-bond donors (Lipinski definition) is 9. The molecule has 0 spiro atoms. The Morgan fingerprint density at radius 3 is 2.25 bits per heavy atom. The molecule has 0 radical (unpaired) electrons. The number of carbonyl (C=O) groups excluding carboxylic acids is 6. The molecular weight excluding hydrogens is 839 g/mol. The van der Waals surface area contributed by atoms with Crippen molar-refractivity contribution in [3.05, 3.63) is 36.0 Å². The summed E-state index contributed by atoms with van der Waals surface area (Å²) in [5.41, 5.74) is 6.30. The zero-order valence-corrected chi connectivity index (χ0v) is 36.3. The third-order valence-corrected chi connectivity index (χ3v) is 9.99. The van der Waals surface area contributed by atoms with E-state index in [2.05, 4.69) is 31.6 Å². The summed E-state index contributed by atoms with van der Waals surface area (Å²) in [6.07, 6.45) is 5.18. The van der Waals surface area contributed by atoms with Crippen LogP contribution in [0.2, 0.25) is 0 Å². The number of aromatic nitrogens is 1. The number of nitrogens with two attached hydrogens (primary N) is 1. The van der Waals surface area contributed by atoms with E-state index in [0.717, 1.165) is 0 Å². The first-order chi connectivity index (χ1) is 30.8. The molecule has 1 aromatic carbocycles. The summed E-state index contributed by atoms with van der Waals surface area (Å²) < 4.78 is 22.0. The van der Waals surface area contributed by atoms with Crippen LogP contribution in [0.15, 0.2) is 30.5 Å². The largest absolute Gasteiger partial charge is 0.484 e. The first-order valence-corrected chi connectivity index (χ1v) is 21.5. The van der Waals surface area contributed by atoms with Crippen LogP contribution in [0, 0.1) is 0 Å². The quantitative estimate of drug-likeness (QED) is 0.0295. The highest BCUT2D eigenvalue weighted by atomic mass is 16.5. The third kappa shape index (κ3) is 19.9. The lowest BCUT2D eigenvalue weighted by molar-refractivity contribution is -0.142. The van der Waals surface area contributed by atoms with Crippen LogP contribution in [-0.4, -0.2) is 171 Å². The predicted molar refractivity (Wildman–Crippen MR) is 232 cm³/mol. The molecule has 1 saturated heterocycles. The predicted octanol–water partition coefficient (Wildman–Crippen LogP) is -1.61. The number of carbonyl (C=O) groups is 7. The van der Waals surface area contributed by atoms with E-state index >= 15 is 0 Å². The number of unbranched alkanes of at least 4 members (excludes halogenated alkanes) is 2. The molecule has 64 heavy (non-hydrogen) atoms. The second kappa shape index (κ2) is 29.8. The fourth-order valence-corrected chi connectivity index (χ4v) is 6.65. The van der Waals surface area contributed by atoms with Gasteiger partial charge >= 0.3 is 13.1 Å². The molecule has 10 N–H and O–H groups in total. The van der Waals surface area contributed by atoms with Crippen LogP contribution in [0.3, 0.4) is 0 Å². The van der Waals surface area contributed by atoms with Crippen molar-refractivity contribution in [3.8, 4) is 5.75 Å². The average molecular weight is 903 g/mol. The Hall–Kier alpha value is -5.46. The van der Waals surface area contributed by atoms with Gasteiger partial charge in [0.1, 0.15) is 17.8 Å². The third-order valence-electron chi connectivity index (χ3n) is 9.99. The number of nitrogens with zero attached hydrogens (tertiary/aromatic N) is 2. The molecule has 3 atom stereocenters. The van der Waals surface area contributed by atoms with Crippen molar-refractivity contribution in [2.45, 2.75) is 82.7 Å². The van der Waals surface area contributed by atoms with Crippen LogP contribution in [0.1, 0.15) is 75.1 Å². The lowest BCUT2D eigenvalue weighted by Crippen LogP contribution is -2.51. The van der Waals surface area contributed by atoms with Gasteiger partial charge in [-0.3, -0.25) is 33.8 Å². The van der Waals surface area contributed by atoms with E-state index < -0.39 is 54.7 Å². The summed E-state index contributed by atoms with van der Waals surface area (Å²) in [6.45, 7) is 3.48. The van der Waals surface area contributed by atoms with Gasteiger partial charge in [0.15, 0.2) is 6.61 Å². The van der Waals surface area contributed by atoms with Gasteiger partial charge in [0, 0.05) is 50.6 Å². The summed E-state index contributed by atoms with van der Waals surface area (Å²) >= 11 is 0. The number of aliphatic carboxylic acids is 1. The van der Waals surface area contributed by atoms with Crippen molar-refractivity contribution in [2.75, 3.05) is 79.0 Å². The number of rotatable bonds is 32. The van der Waals surface area contributed by atoms with Gasteiger partial charge in [0.25, 0.3) is 11.8 Å². The van der Waals surface area contributed by atoms with Crippen molar-refractivity contribution in [2.24, 2.45) is 5.73 Å². The summed E-state index contributed by atoms with van der Waals surface area (Å²) in [5.74, 6) is -4.05. The summed E-state index contributed by atoms with van der Waals surface area (Å²) in [4.78, 5) is 91.9. The average Bonchev–Trinajstić information content (AvgIpc) is 3.77. The van der Waals surface area contributed by atoms with Crippen molar-refractivity contribution < 1.29 is 67.7 Å². The van der Waals surface area contributed by atoms with Gasteiger partial charge in [0.2, 0.25) is 23.6 Å². The highest BCUT2D eigenvalue weighted by Crippen LogP contribution is 2.23. The van der Waals surface area contributed by atoms with Gasteiger partial charge in [-0.05, 0) is 76.1 Å².